The van der Waals surface area contributed by atoms with E-state index in [0.717, 1.165) is 10.2 Å². The zero-order chi connectivity index (χ0) is 25.2. The molecule has 3 aromatic carbocycles. The highest BCUT2D eigenvalue weighted by Gasteiger charge is 2.16. The Bertz CT molecular complexity index is 1610. The van der Waals surface area contributed by atoms with Gasteiger partial charge in [0.15, 0.2) is 5.69 Å². The molecule has 0 aliphatic heterocycles. The maximum atomic E-state index is 12.8. The summed E-state index contributed by atoms with van der Waals surface area (Å²) in [5, 5.41) is 9.05. The zero-order valence-electron chi connectivity index (χ0n) is 19.3. The Balaban J connectivity index is 1.50. The number of hydrogen-bond donors (Lipinski definition) is 2. The molecule has 0 bridgehead atoms. The van der Waals surface area contributed by atoms with Crippen LogP contribution in [0.15, 0.2) is 87.6 Å². The molecule has 0 saturated heterocycles. The van der Waals surface area contributed by atoms with Crippen molar-refractivity contribution in [3.63, 3.8) is 0 Å². The molecule has 0 spiro atoms. The second-order valence-corrected chi connectivity index (χ2v) is 9.64. The standard InChI is InChI=1S/C25H23N5O4S/c1-16-8-14-20(15-9-16)35(33,34)29-19-12-10-18(11-13-19)17(2)26-27-24(31)23-21-6-4-5-7-22(21)25(32)30(3)28-23/h4-15,29H,1-3H3,(H,27,31)/b26-17+. The minimum Gasteiger partial charge on any atom is -0.280 e. The van der Waals surface area contributed by atoms with Crippen molar-refractivity contribution in [2.75, 3.05) is 4.72 Å². The summed E-state index contributed by atoms with van der Waals surface area (Å²) in [5.74, 6) is -0.557. The Morgan fingerprint density at radius 2 is 1.57 bits per heavy atom. The van der Waals surface area contributed by atoms with E-state index in [2.05, 4.69) is 20.3 Å². The van der Waals surface area contributed by atoms with Gasteiger partial charge in [0.1, 0.15) is 0 Å². The number of amides is 1. The van der Waals surface area contributed by atoms with Crippen LogP contribution in [0.1, 0.15) is 28.5 Å². The van der Waals surface area contributed by atoms with E-state index in [9.17, 15) is 18.0 Å². The lowest BCUT2D eigenvalue weighted by atomic mass is 10.1. The van der Waals surface area contributed by atoms with E-state index >= 15 is 0 Å². The molecule has 0 unspecified atom stereocenters. The predicted octanol–water partition coefficient (Wildman–Crippen LogP) is 3.20. The van der Waals surface area contributed by atoms with Gasteiger partial charge in [-0.05, 0) is 49.7 Å². The van der Waals surface area contributed by atoms with Gasteiger partial charge in [-0.15, -0.1) is 0 Å². The summed E-state index contributed by atoms with van der Waals surface area (Å²) in [4.78, 5) is 25.2. The van der Waals surface area contributed by atoms with E-state index in [1.807, 2.05) is 6.92 Å². The molecule has 9 nitrogen and oxygen atoms in total. The minimum absolute atomic E-state index is 0.0834. The monoisotopic (exact) mass is 489 g/mol. The predicted molar refractivity (Wildman–Crippen MR) is 135 cm³/mol. The van der Waals surface area contributed by atoms with E-state index < -0.39 is 15.9 Å². The Kier molecular flexibility index (Phi) is 6.48. The number of fused-ring (bicyclic) bond motifs is 1. The van der Waals surface area contributed by atoms with Crippen LogP contribution < -0.4 is 15.7 Å². The third-order valence-corrected chi connectivity index (χ3v) is 6.78. The highest BCUT2D eigenvalue weighted by molar-refractivity contribution is 7.92. The Morgan fingerprint density at radius 3 is 2.23 bits per heavy atom. The number of nitrogens with one attached hydrogen (secondary N) is 2. The fourth-order valence-electron chi connectivity index (χ4n) is 3.43. The van der Waals surface area contributed by atoms with E-state index in [-0.39, 0.29) is 16.1 Å². The van der Waals surface area contributed by atoms with Crippen LogP contribution in [0.2, 0.25) is 0 Å². The Morgan fingerprint density at radius 1 is 0.943 bits per heavy atom. The second kappa shape index (κ2) is 9.51. The highest BCUT2D eigenvalue weighted by Crippen LogP contribution is 2.18. The fourth-order valence-corrected chi connectivity index (χ4v) is 4.49. The lowest BCUT2D eigenvalue weighted by molar-refractivity contribution is 0.0949. The molecular formula is C25H23N5O4S. The fraction of sp³-hybridized carbons (Fsp3) is 0.120. The molecule has 0 saturated carbocycles. The van der Waals surface area contributed by atoms with Crippen molar-refractivity contribution >= 4 is 38.1 Å². The van der Waals surface area contributed by atoms with Crippen LogP contribution in [0.4, 0.5) is 5.69 Å². The third kappa shape index (κ3) is 5.12. The number of nitrogens with zero attached hydrogens (tertiary/aromatic N) is 3. The van der Waals surface area contributed by atoms with Crippen molar-refractivity contribution in [2.24, 2.45) is 12.1 Å². The summed E-state index contributed by atoms with van der Waals surface area (Å²) in [6.45, 7) is 3.59. The van der Waals surface area contributed by atoms with Crippen LogP contribution in [0, 0.1) is 6.92 Å². The first-order valence-corrected chi connectivity index (χ1v) is 12.1. The molecule has 178 valence electrons. The molecule has 0 aliphatic carbocycles. The van der Waals surface area contributed by atoms with Gasteiger partial charge >= 0.3 is 0 Å². The number of sulfonamides is 1. The van der Waals surface area contributed by atoms with Gasteiger partial charge in [0.2, 0.25) is 0 Å². The van der Waals surface area contributed by atoms with E-state index in [4.69, 9.17) is 0 Å². The minimum atomic E-state index is -3.71. The number of anilines is 1. The maximum Gasteiger partial charge on any atom is 0.292 e. The average molecular weight is 490 g/mol. The molecular weight excluding hydrogens is 466 g/mol. The van der Waals surface area contributed by atoms with Crippen molar-refractivity contribution in [1.82, 2.24) is 15.2 Å². The van der Waals surface area contributed by atoms with Gasteiger partial charge in [0, 0.05) is 18.1 Å². The molecule has 0 radical (unpaired) electrons. The number of carbonyl (C=O) groups excluding carboxylic acids is 1. The van der Waals surface area contributed by atoms with E-state index in [1.165, 1.54) is 7.05 Å². The smallest absolute Gasteiger partial charge is 0.280 e. The van der Waals surface area contributed by atoms with Crippen LogP contribution in [0.3, 0.4) is 0 Å². The molecule has 0 aliphatic rings. The molecule has 0 atom stereocenters. The van der Waals surface area contributed by atoms with E-state index in [1.54, 1.807) is 79.7 Å². The number of benzene rings is 3. The van der Waals surface area contributed by atoms with Crippen LogP contribution in [0.5, 0.6) is 0 Å². The van der Waals surface area contributed by atoms with Gasteiger partial charge in [-0.1, -0.05) is 48.0 Å². The summed E-state index contributed by atoms with van der Waals surface area (Å²) >= 11 is 0. The quantitative estimate of drug-likeness (QED) is 0.318. The summed E-state index contributed by atoms with van der Waals surface area (Å²) < 4.78 is 28.8. The SMILES string of the molecule is C/C(=N\NC(=O)c1nn(C)c(=O)c2ccccc12)c1ccc(NS(=O)(=O)c2ccc(C)cc2)cc1. The topological polar surface area (TPSA) is 123 Å². The zero-order valence-corrected chi connectivity index (χ0v) is 20.1. The first-order chi connectivity index (χ1) is 16.7. The summed E-state index contributed by atoms with van der Waals surface area (Å²) in [6.07, 6.45) is 0. The van der Waals surface area contributed by atoms with Crippen molar-refractivity contribution in [2.45, 2.75) is 18.7 Å². The van der Waals surface area contributed by atoms with Crippen molar-refractivity contribution in [3.8, 4) is 0 Å². The van der Waals surface area contributed by atoms with Crippen LogP contribution in [-0.2, 0) is 17.1 Å². The molecule has 1 aromatic heterocycles. The highest BCUT2D eigenvalue weighted by atomic mass is 32.2. The van der Waals surface area contributed by atoms with Gasteiger partial charge in [-0.3, -0.25) is 14.3 Å². The third-order valence-electron chi connectivity index (χ3n) is 5.38. The summed E-state index contributed by atoms with van der Waals surface area (Å²) in [6, 6.07) is 19.9. The van der Waals surface area contributed by atoms with Gasteiger partial charge in [0.25, 0.3) is 21.5 Å². The average Bonchev–Trinajstić information content (AvgIpc) is 2.85. The number of carbonyl (C=O) groups is 1. The molecule has 35 heavy (non-hydrogen) atoms. The Hall–Kier alpha value is -4.31. The largest absolute Gasteiger partial charge is 0.292 e. The lowest BCUT2D eigenvalue weighted by Gasteiger charge is -2.10. The van der Waals surface area contributed by atoms with Crippen LogP contribution in [0.25, 0.3) is 10.8 Å². The van der Waals surface area contributed by atoms with Crippen LogP contribution >= 0.6 is 0 Å². The molecule has 2 N–H and O–H groups in total. The maximum absolute atomic E-state index is 12.8. The normalized spacial score (nSPS) is 11.9. The van der Waals surface area contributed by atoms with Crippen molar-refractivity contribution < 1.29 is 13.2 Å². The molecule has 4 aromatic rings. The molecule has 1 heterocycles. The number of aryl methyl sites for hydroxylation is 2. The number of rotatable bonds is 6. The molecule has 1 amide bonds. The van der Waals surface area contributed by atoms with Gasteiger partial charge in [-0.25, -0.2) is 18.5 Å². The van der Waals surface area contributed by atoms with Crippen molar-refractivity contribution in [1.29, 1.82) is 0 Å². The first-order valence-electron chi connectivity index (χ1n) is 10.7. The molecule has 4 rings (SSSR count). The summed E-state index contributed by atoms with van der Waals surface area (Å²) in [7, 11) is -2.23. The van der Waals surface area contributed by atoms with Gasteiger partial charge in [0.05, 0.1) is 16.0 Å². The number of aromatic nitrogens is 2. The second-order valence-electron chi connectivity index (χ2n) is 7.96. The molecule has 0 fully saturated rings. The summed E-state index contributed by atoms with van der Waals surface area (Å²) in [5.41, 5.74) is 4.81. The van der Waals surface area contributed by atoms with Gasteiger partial charge in [-0.2, -0.15) is 10.2 Å². The molecule has 10 heteroatoms. The van der Waals surface area contributed by atoms with Crippen molar-refractivity contribution in [3.05, 3.63) is 100.0 Å². The van der Waals surface area contributed by atoms with E-state index in [0.29, 0.717) is 27.7 Å². The number of hydrogen-bond acceptors (Lipinski definition) is 6. The first kappa shape index (κ1) is 23.8. The van der Waals surface area contributed by atoms with Crippen LogP contribution in [-0.4, -0.2) is 29.8 Å². The number of hydrazone groups is 1. The Labute approximate surface area is 202 Å². The lowest BCUT2D eigenvalue weighted by Crippen LogP contribution is -2.27. The van der Waals surface area contributed by atoms with Gasteiger partial charge < -0.3 is 0 Å².